The second kappa shape index (κ2) is 9.57. The smallest absolute Gasteiger partial charge is 0.150 e. The molecule has 1 N–H and O–H groups in total. The van der Waals surface area contributed by atoms with Crippen LogP contribution in [-0.2, 0) is 6.54 Å². The van der Waals surface area contributed by atoms with Crippen LogP contribution in [0, 0.1) is 0 Å². The van der Waals surface area contributed by atoms with E-state index < -0.39 is 0 Å². The minimum Gasteiger partial charge on any atom is -0.324 e. The molecule has 0 fully saturated rings. The number of carbonyl (C=O) groups is 1. The highest BCUT2D eigenvalue weighted by Crippen LogP contribution is 2.36. The van der Waals surface area contributed by atoms with E-state index in [1.165, 1.54) is 9.77 Å². The van der Waals surface area contributed by atoms with Crippen LogP contribution >= 0.6 is 34.6 Å². The Morgan fingerprint density at radius 2 is 1.90 bits per heavy atom. The zero-order valence-corrected chi connectivity index (χ0v) is 19.1. The van der Waals surface area contributed by atoms with Gasteiger partial charge in [0.25, 0.3) is 0 Å². The molecule has 4 aromatic rings. The van der Waals surface area contributed by atoms with E-state index >= 15 is 0 Å². The number of aldehydes is 1. The minimum atomic E-state index is 0.736. The summed E-state index contributed by atoms with van der Waals surface area (Å²) in [7, 11) is 4.02. The summed E-state index contributed by atoms with van der Waals surface area (Å²) in [5.74, 6) is 0. The van der Waals surface area contributed by atoms with Gasteiger partial charge < -0.3 is 9.62 Å². The highest BCUT2D eigenvalue weighted by atomic mass is 32.2. The van der Waals surface area contributed by atoms with E-state index in [4.69, 9.17) is 0 Å². The molecule has 3 heterocycles. The van der Waals surface area contributed by atoms with Crippen LogP contribution in [0.3, 0.4) is 0 Å². The Balaban J connectivity index is 1.55. The lowest BCUT2D eigenvalue weighted by molar-refractivity contribution is 0.112. The lowest BCUT2D eigenvalue weighted by Gasteiger charge is -2.12. The van der Waals surface area contributed by atoms with Crippen LogP contribution in [0.4, 0.5) is 5.69 Å². The molecule has 1 aromatic carbocycles. The van der Waals surface area contributed by atoms with Gasteiger partial charge in [0.15, 0.2) is 0 Å². The minimum absolute atomic E-state index is 0.736. The van der Waals surface area contributed by atoms with Crippen LogP contribution in [-0.4, -0.2) is 30.3 Å². The molecule has 0 aliphatic heterocycles. The fourth-order valence-electron chi connectivity index (χ4n) is 3.06. The van der Waals surface area contributed by atoms with E-state index in [-0.39, 0.29) is 0 Å². The van der Waals surface area contributed by atoms with E-state index in [2.05, 4.69) is 55.7 Å². The Morgan fingerprint density at radius 1 is 1.07 bits per heavy atom. The van der Waals surface area contributed by atoms with Crippen LogP contribution in [0.15, 0.2) is 70.5 Å². The third-order valence-corrected chi connectivity index (χ3v) is 7.29. The van der Waals surface area contributed by atoms with Gasteiger partial charge in [-0.25, -0.2) is 0 Å². The predicted octanol–water partition coefficient (Wildman–Crippen LogP) is 6.53. The Morgan fingerprint density at radius 3 is 2.63 bits per heavy atom. The molecule has 0 bridgehead atoms. The molecule has 0 amide bonds. The number of benzene rings is 1. The second-order valence-electron chi connectivity index (χ2n) is 7.06. The van der Waals surface area contributed by atoms with Crippen molar-refractivity contribution in [2.24, 2.45) is 0 Å². The van der Waals surface area contributed by atoms with Gasteiger partial charge in [0.2, 0.25) is 0 Å². The van der Waals surface area contributed by atoms with E-state index in [1.807, 2.05) is 38.6 Å². The Hall–Kier alpha value is -2.45. The molecule has 152 valence electrons. The normalized spacial score (nSPS) is 11.0. The molecule has 4 rings (SSSR count). The summed E-state index contributed by atoms with van der Waals surface area (Å²) < 4.78 is 3.36. The van der Waals surface area contributed by atoms with Crippen molar-refractivity contribution in [3.63, 3.8) is 0 Å². The molecule has 3 aromatic heterocycles. The lowest BCUT2D eigenvalue weighted by atomic mass is 10.0. The van der Waals surface area contributed by atoms with Gasteiger partial charge in [-0.05, 0) is 72.9 Å². The van der Waals surface area contributed by atoms with Crippen molar-refractivity contribution in [2.45, 2.75) is 11.4 Å². The lowest BCUT2D eigenvalue weighted by Crippen LogP contribution is -2.12. The summed E-state index contributed by atoms with van der Waals surface area (Å²) in [6.07, 6.45) is 4.66. The number of hydrogen-bond donors (Lipinski definition) is 1. The van der Waals surface area contributed by atoms with Crippen molar-refractivity contribution >= 4 is 46.6 Å². The molecule has 0 atom stereocenters. The van der Waals surface area contributed by atoms with Crippen molar-refractivity contribution in [1.29, 1.82) is 0 Å². The Bertz CT molecular complexity index is 1140. The number of carbonyl (C=O) groups excluding carboxylic acids is 1. The summed E-state index contributed by atoms with van der Waals surface area (Å²) in [5.41, 5.74) is 4.97. The van der Waals surface area contributed by atoms with Crippen LogP contribution in [0.1, 0.15) is 15.9 Å². The number of aromatic nitrogens is 1. The van der Waals surface area contributed by atoms with E-state index in [9.17, 15) is 4.79 Å². The maximum Gasteiger partial charge on any atom is 0.150 e. The molecule has 0 unspecified atom stereocenters. The molecule has 0 radical (unpaired) electrons. The number of nitrogens with one attached hydrogen (secondary N) is 1. The average Bonchev–Trinajstić information content (AvgIpc) is 3.44. The highest BCUT2D eigenvalue weighted by molar-refractivity contribution is 8.00. The first-order valence-corrected chi connectivity index (χ1v) is 11.9. The third kappa shape index (κ3) is 4.99. The van der Waals surface area contributed by atoms with Crippen LogP contribution < -0.4 is 4.72 Å². The van der Waals surface area contributed by atoms with Gasteiger partial charge in [0.05, 0.1) is 11.9 Å². The SMILES string of the molecule is CN(C)Cc1cc(-c2ccc(-c3cncc(NSc4ccsc4)c3)s2)ccc1C=O. The van der Waals surface area contributed by atoms with Gasteiger partial charge in [-0.15, -0.1) is 11.3 Å². The first kappa shape index (κ1) is 20.8. The zero-order valence-electron chi connectivity index (χ0n) is 16.7. The van der Waals surface area contributed by atoms with E-state index in [0.717, 1.165) is 45.6 Å². The zero-order chi connectivity index (χ0) is 20.9. The molecule has 0 aliphatic carbocycles. The molecule has 7 heteroatoms. The van der Waals surface area contributed by atoms with Crippen molar-refractivity contribution < 1.29 is 4.79 Å². The van der Waals surface area contributed by atoms with E-state index in [1.54, 1.807) is 34.6 Å². The number of nitrogens with zero attached hydrogens (tertiary/aromatic N) is 2. The standard InChI is InChI=1S/C23H21N3OS3/c1-26(2)13-19-9-16(3-4-17(19)14-27)22-5-6-23(29-22)18-10-20(12-24-11-18)25-30-21-7-8-28-15-21/h3-12,14-15,25H,13H2,1-2H3. The molecular weight excluding hydrogens is 430 g/mol. The monoisotopic (exact) mass is 451 g/mol. The quantitative estimate of drug-likeness (QED) is 0.244. The van der Waals surface area contributed by atoms with Crippen molar-refractivity contribution in [3.05, 3.63) is 76.7 Å². The summed E-state index contributed by atoms with van der Waals surface area (Å²) >= 11 is 5.00. The number of thiophene rings is 2. The second-order valence-corrected chi connectivity index (χ2v) is 9.80. The predicted molar refractivity (Wildman–Crippen MR) is 130 cm³/mol. The molecule has 0 spiro atoms. The summed E-state index contributed by atoms with van der Waals surface area (Å²) in [6, 6.07) is 14.5. The maximum absolute atomic E-state index is 11.4. The summed E-state index contributed by atoms with van der Waals surface area (Å²) in [5, 5.41) is 4.18. The molecule has 0 aliphatic rings. The number of hydrogen-bond acceptors (Lipinski definition) is 7. The topological polar surface area (TPSA) is 45.2 Å². The first-order chi connectivity index (χ1) is 14.6. The molecular formula is C23H21N3OS3. The van der Waals surface area contributed by atoms with Crippen molar-refractivity contribution in [2.75, 3.05) is 18.8 Å². The Labute approximate surface area is 188 Å². The molecule has 4 nitrogen and oxygen atoms in total. The van der Waals surface area contributed by atoms with Gasteiger partial charge in [0.1, 0.15) is 6.29 Å². The van der Waals surface area contributed by atoms with E-state index in [0.29, 0.717) is 0 Å². The largest absolute Gasteiger partial charge is 0.324 e. The van der Waals surface area contributed by atoms with Crippen LogP contribution in [0.5, 0.6) is 0 Å². The first-order valence-electron chi connectivity index (χ1n) is 9.36. The summed E-state index contributed by atoms with van der Waals surface area (Å²) in [6.45, 7) is 0.736. The van der Waals surface area contributed by atoms with Gasteiger partial charge in [-0.1, -0.05) is 12.1 Å². The van der Waals surface area contributed by atoms with Crippen LogP contribution in [0.2, 0.25) is 0 Å². The number of pyridine rings is 1. The fraction of sp³-hybridized carbons (Fsp3) is 0.130. The van der Waals surface area contributed by atoms with Crippen molar-refractivity contribution in [1.82, 2.24) is 9.88 Å². The maximum atomic E-state index is 11.4. The Kier molecular flexibility index (Phi) is 6.64. The van der Waals surface area contributed by atoms with Crippen LogP contribution in [0.25, 0.3) is 20.9 Å². The fourth-order valence-corrected chi connectivity index (χ4v) is 5.49. The van der Waals surface area contributed by atoms with Gasteiger partial charge in [0, 0.05) is 43.9 Å². The highest BCUT2D eigenvalue weighted by Gasteiger charge is 2.10. The average molecular weight is 452 g/mol. The third-order valence-electron chi connectivity index (χ3n) is 4.45. The van der Waals surface area contributed by atoms with Gasteiger partial charge >= 0.3 is 0 Å². The molecule has 0 saturated heterocycles. The van der Waals surface area contributed by atoms with Gasteiger partial charge in [-0.3, -0.25) is 9.78 Å². The number of anilines is 1. The number of rotatable bonds is 8. The molecule has 0 saturated carbocycles. The summed E-state index contributed by atoms with van der Waals surface area (Å²) in [4.78, 5) is 21.4. The van der Waals surface area contributed by atoms with Gasteiger partial charge in [-0.2, -0.15) is 11.3 Å². The molecule has 30 heavy (non-hydrogen) atoms. The van der Waals surface area contributed by atoms with Crippen molar-refractivity contribution in [3.8, 4) is 20.9 Å².